The maximum atomic E-state index is 13.6. The third-order valence-electron chi connectivity index (χ3n) is 4.66. The standard InChI is InChI=1S/C17H28BrFN2/c1-6-17(4,21(7-2)8-3)16(20-5)11-13-9-14(18)12-15(19)10-13/h9-10,12,16,20H,6-8,11H2,1-5H3. The van der Waals surface area contributed by atoms with Crippen molar-refractivity contribution in [2.45, 2.75) is 52.1 Å². The van der Waals surface area contributed by atoms with Crippen LogP contribution in [0.4, 0.5) is 4.39 Å². The molecular formula is C17H28BrFN2. The second kappa shape index (κ2) is 8.25. The molecule has 0 bridgehead atoms. The fraction of sp³-hybridized carbons (Fsp3) is 0.647. The molecule has 120 valence electrons. The normalized spacial score (nSPS) is 16.0. The number of likely N-dealkylation sites (N-methyl/N-ethyl adjacent to an activating group) is 2. The average molecular weight is 359 g/mol. The second-order valence-electron chi connectivity index (χ2n) is 5.71. The molecule has 1 N–H and O–H groups in total. The van der Waals surface area contributed by atoms with Gasteiger partial charge in [0.15, 0.2) is 0 Å². The van der Waals surface area contributed by atoms with E-state index in [-0.39, 0.29) is 17.4 Å². The van der Waals surface area contributed by atoms with Crippen LogP contribution in [0.1, 0.15) is 39.7 Å². The van der Waals surface area contributed by atoms with Gasteiger partial charge in [-0.25, -0.2) is 4.39 Å². The fourth-order valence-electron chi connectivity index (χ4n) is 3.23. The average Bonchev–Trinajstić information content (AvgIpc) is 2.44. The Kier molecular flexibility index (Phi) is 7.31. The van der Waals surface area contributed by atoms with Crippen molar-refractivity contribution in [3.8, 4) is 0 Å². The first-order valence-electron chi connectivity index (χ1n) is 7.78. The summed E-state index contributed by atoms with van der Waals surface area (Å²) in [6.45, 7) is 11.0. The van der Waals surface area contributed by atoms with Gasteiger partial charge in [-0.2, -0.15) is 0 Å². The lowest BCUT2D eigenvalue weighted by Gasteiger charge is -2.46. The van der Waals surface area contributed by atoms with Crippen LogP contribution in [0.25, 0.3) is 0 Å². The van der Waals surface area contributed by atoms with E-state index in [0.717, 1.165) is 36.0 Å². The predicted octanol–water partition coefficient (Wildman–Crippen LogP) is 4.23. The molecule has 0 aliphatic carbocycles. The number of nitrogens with one attached hydrogen (secondary N) is 1. The lowest BCUT2D eigenvalue weighted by Crippen LogP contribution is -2.59. The molecule has 1 aromatic rings. The summed E-state index contributed by atoms with van der Waals surface area (Å²) in [5, 5.41) is 3.45. The van der Waals surface area contributed by atoms with Crippen molar-refractivity contribution in [1.82, 2.24) is 10.2 Å². The maximum Gasteiger partial charge on any atom is 0.124 e. The fourth-order valence-corrected chi connectivity index (χ4v) is 3.75. The van der Waals surface area contributed by atoms with Crippen LogP contribution < -0.4 is 5.32 Å². The highest BCUT2D eigenvalue weighted by molar-refractivity contribution is 9.10. The molecule has 0 aromatic heterocycles. The second-order valence-corrected chi connectivity index (χ2v) is 6.62. The minimum absolute atomic E-state index is 0.0526. The highest BCUT2D eigenvalue weighted by atomic mass is 79.9. The van der Waals surface area contributed by atoms with E-state index in [4.69, 9.17) is 0 Å². The molecule has 0 radical (unpaired) electrons. The maximum absolute atomic E-state index is 13.6. The summed E-state index contributed by atoms with van der Waals surface area (Å²) in [7, 11) is 2.00. The van der Waals surface area contributed by atoms with Crippen molar-refractivity contribution >= 4 is 15.9 Å². The summed E-state index contributed by atoms with van der Waals surface area (Å²) in [5.74, 6) is -0.185. The van der Waals surface area contributed by atoms with Gasteiger partial charge in [0.2, 0.25) is 0 Å². The highest BCUT2D eigenvalue weighted by Gasteiger charge is 2.36. The largest absolute Gasteiger partial charge is 0.315 e. The quantitative estimate of drug-likeness (QED) is 0.747. The molecule has 2 unspecified atom stereocenters. The van der Waals surface area contributed by atoms with E-state index in [9.17, 15) is 4.39 Å². The van der Waals surface area contributed by atoms with Crippen LogP contribution in [0.15, 0.2) is 22.7 Å². The molecule has 0 spiro atoms. The van der Waals surface area contributed by atoms with Crippen LogP contribution in [0, 0.1) is 5.82 Å². The highest BCUT2D eigenvalue weighted by Crippen LogP contribution is 2.27. The van der Waals surface area contributed by atoms with Crippen molar-refractivity contribution < 1.29 is 4.39 Å². The molecule has 4 heteroatoms. The van der Waals surface area contributed by atoms with Crippen LogP contribution in [-0.4, -0.2) is 36.6 Å². The zero-order valence-corrected chi connectivity index (χ0v) is 15.4. The van der Waals surface area contributed by atoms with E-state index in [1.165, 1.54) is 6.07 Å². The summed E-state index contributed by atoms with van der Waals surface area (Å²) < 4.78 is 14.4. The van der Waals surface area contributed by atoms with E-state index in [1.807, 2.05) is 13.1 Å². The predicted molar refractivity (Wildman–Crippen MR) is 92.3 cm³/mol. The van der Waals surface area contributed by atoms with Gasteiger partial charge in [-0.15, -0.1) is 0 Å². The molecule has 0 aliphatic rings. The Hall–Kier alpha value is -0.450. The molecule has 0 heterocycles. The number of halogens is 2. The minimum atomic E-state index is -0.185. The molecule has 1 aromatic carbocycles. The zero-order valence-electron chi connectivity index (χ0n) is 13.8. The van der Waals surface area contributed by atoms with Gasteiger partial charge >= 0.3 is 0 Å². The summed E-state index contributed by atoms with van der Waals surface area (Å²) >= 11 is 3.38. The Bertz CT molecular complexity index is 428. The molecule has 0 saturated carbocycles. The van der Waals surface area contributed by atoms with E-state index >= 15 is 0 Å². The van der Waals surface area contributed by atoms with Crippen LogP contribution in [-0.2, 0) is 6.42 Å². The molecule has 0 saturated heterocycles. The number of benzene rings is 1. The van der Waals surface area contributed by atoms with Crippen molar-refractivity contribution in [2.75, 3.05) is 20.1 Å². The van der Waals surface area contributed by atoms with Crippen LogP contribution in [0.3, 0.4) is 0 Å². The molecule has 0 amide bonds. The third-order valence-corrected chi connectivity index (χ3v) is 5.12. The van der Waals surface area contributed by atoms with Crippen molar-refractivity contribution in [3.05, 3.63) is 34.1 Å². The van der Waals surface area contributed by atoms with Gasteiger partial charge in [-0.05, 0) is 63.7 Å². The van der Waals surface area contributed by atoms with Crippen LogP contribution in [0.2, 0.25) is 0 Å². The number of nitrogens with zero attached hydrogens (tertiary/aromatic N) is 1. The van der Waals surface area contributed by atoms with Gasteiger partial charge in [0.1, 0.15) is 5.82 Å². The van der Waals surface area contributed by atoms with Crippen LogP contribution in [0.5, 0.6) is 0 Å². The number of hydrogen-bond donors (Lipinski definition) is 1. The summed E-state index contributed by atoms with van der Waals surface area (Å²) in [4.78, 5) is 2.49. The summed E-state index contributed by atoms with van der Waals surface area (Å²) in [6, 6.07) is 5.41. The van der Waals surface area contributed by atoms with Gasteiger partial charge in [0, 0.05) is 16.1 Å². The molecule has 0 aliphatic heterocycles. The first-order chi connectivity index (χ1) is 9.90. The summed E-state index contributed by atoms with van der Waals surface area (Å²) in [5.41, 5.74) is 1.07. The Morgan fingerprint density at radius 1 is 1.24 bits per heavy atom. The van der Waals surface area contributed by atoms with Crippen molar-refractivity contribution in [3.63, 3.8) is 0 Å². The van der Waals surface area contributed by atoms with Gasteiger partial charge < -0.3 is 5.32 Å². The molecule has 21 heavy (non-hydrogen) atoms. The molecule has 2 atom stereocenters. The minimum Gasteiger partial charge on any atom is -0.315 e. The summed E-state index contributed by atoms with van der Waals surface area (Å²) in [6.07, 6.45) is 1.87. The SMILES string of the molecule is CCN(CC)C(C)(CC)C(Cc1cc(F)cc(Br)c1)NC. The van der Waals surface area contributed by atoms with Gasteiger partial charge in [-0.1, -0.05) is 36.7 Å². The monoisotopic (exact) mass is 358 g/mol. The molecular weight excluding hydrogens is 331 g/mol. The first kappa shape index (κ1) is 18.6. The number of hydrogen-bond acceptors (Lipinski definition) is 2. The molecule has 0 fully saturated rings. The molecule has 1 rings (SSSR count). The molecule has 2 nitrogen and oxygen atoms in total. The topological polar surface area (TPSA) is 15.3 Å². The lowest BCUT2D eigenvalue weighted by atomic mass is 9.83. The van der Waals surface area contributed by atoms with Gasteiger partial charge in [0.05, 0.1) is 0 Å². The smallest absolute Gasteiger partial charge is 0.124 e. The van der Waals surface area contributed by atoms with Crippen LogP contribution >= 0.6 is 15.9 Å². The Morgan fingerprint density at radius 3 is 2.29 bits per heavy atom. The zero-order chi connectivity index (χ0) is 16.0. The lowest BCUT2D eigenvalue weighted by molar-refractivity contribution is 0.0730. The van der Waals surface area contributed by atoms with Crippen molar-refractivity contribution in [2.24, 2.45) is 0 Å². The van der Waals surface area contributed by atoms with Gasteiger partial charge in [0.25, 0.3) is 0 Å². The third kappa shape index (κ3) is 4.51. The van der Waals surface area contributed by atoms with E-state index in [0.29, 0.717) is 0 Å². The first-order valence-corrected chi connectivity index (χ1v) is 8.57. The van der Waals surface area contributed by atoms with Gasteiger partial charge in [-0.3, -0.25) is 4.90 Å². The van der Waals surface area contributed by atoms with Crippen molar-refractivity contribution in [1.29, 1.82) is 0 Å². The Morgan fingerprint density at radius 2 is 1.86 bits per heavy atom. The number of rotatable bonds is 8. The van der Waals surface area contributed by atoms with E-state index in [2.05, 4.69) is 53.8 Å². The van der Waals surface area contributed by atoms with E-state index < -0.39 is 0 Å². The Balaban J connectivity index is 3.04. The van der Waals surface area contributed by atoms with E-state index in [1.54, 1.807) is 6.07 Å². The Labute approximate surface area is 137 Å².